The maximum Gasteiger partial charge on any atom is 0.233 e. The molecule has 1 saturated heterocycles. The van der Waals surface area contributed by atoms with Crippen LogP contribution in [0.1, 0.15) is 49.9 Å². The first-order valence-electron chi connectivity index (χ1n) is 8.16. The standard InChI is InChI=1S/C15H23N7OS/c1-9(2)11-7-12(19-18-11)10-3-5-22(6-4-10)13(23)8-24-15-17-14(16)20-21-15/h7,9-10H,3-6,8H2,1-2H3,(H,18,19)(H3,16,17,20,21). The number of nitrogen functional groups attached to an aromatic ring is 1. The first kappa shape index (κ1) is 16.8. The number of likely N-dealkylation sites (tertiary alicyclic amines) is 1. The van der Waals surface area contributed by atoms with Crippen molar-refractivity contribution in [1.82, 2.24) is 30.3 Å². The molecule has 2 aromatic heterocycles. The van der Waals surface area contributed by atoms with Gasteiger partial charge in [-0.3, -0.25) is 9.89 Å². The highest BCUT2D eigenvalue weighted by Gasteiger charge is 2.25. The average molecular weight is 349 g/mol. The van der Waals surface area contributed by atoms with E-state index >= 15 is 0 Å². The number of carbonyl (C=O) groups excluding carboxylic acids is 1. The van der Waals surface area contributed by atoms with E-state index in [1.165, 1.54) is 17.5 Å². The molecule has 1 amide bonds. The second-order valence-electron chi connectivity index (χ2n) is 6.35. The Bertz CT molecular complexity index is 688. The van der Waals surface area contributed by atoms with E-state index in [1.807, 2.05) is 4.90 Å². The van der Waals surface area contributed by atoms with Gasteiger partial charge in [-0.2, -0.15) is 10.1 Å². The fourth-order valence-corrected chi connectivity index (χ4v) is 3.55. The van der Waals surface area contributed by atoms with Crippen LogP contribution in [0.4, 0.5) is 5.95 Å². The molecule has 0 aliphatic carbocycles. The number of aromatic amines is 2. The molecular weight excluding hydrogens is 326 g/mol. The lowest BCUT2D eigenvalue weighted by Crippen LogP contribution is -2.39. The minimum atomic E-state index is 0.120. The van der Waals surface area contributed by atoms with E-state index in [4.69, 9.17) is 5.73 Å². The molecule has 3 rings (SSSR count). The highest BCUT2D eigenvalue weighted by Crippen LogP contribution is 2.28. The molecule has 2 aromatic rings. The predicted octanol–water partition coefficient (Wildman–Crippen LogP) is 1.73. The third-order valence-electron chi connectivity index (χ3n) is 4.30. The lowest BCUT2D eigenvalue weighted by atomic mass is 9.93. The van der Waals surface area contributed by atoms with Crippen molar-refractivity contribution >= 4 is 23.6 Å². The van der Waals surface area contributed by atoms with Crippen molar-refractivity contribution in [3.8, 4) is 0 Å². The maximum absolute atomic E-state index is 12.3. The van der Waals surface area contributed by atoms with Gasteiger partial charge in [0.25, 0.3) is 0 Å². The molecule has 1 aliphatic heterocycles. The van der Waals surface area contributed by atoms with Gasteiger partial charge in [0.1, 0.15) is 0 Å². The van der Waals surface area contributed by atoms with Crippen LogP contribution in [-0.4, -0.2) is 55.0 Å². The first-order chi connectivity index (χ1) is 11.5. The smallest absolute Gasteiger partial charge is 0.233 e. The van der Waals surface area contributed by atoms with Crippen molar-refractivity contribution in [3.63, 3.8) is 0 Å². The van der Waals surface area contributed by atoms with Crippen LogP contribution < -0.4 is 5.73 Å². The lowest BCUT2D eigenvalue weighted by Gasteiger charge is -2.31. The summed E-state index contributed by atoms with van der Waals surface area (Å²) in [5.74, 6) is 1.61. The quantitative estimate of drug-likeness (QED) is 0.708. The van der Waals surface area contributed by atoms with Crippen molar-refractivity contribution in [1.29, 1.82) is 0 Å². The van der Waals surface area contributed by atoms with Gasteiger partial charge >= 0.3 is 0 Å². The van der Waals surface area contributed by atoms with Crippen LogP contribution in [-0.2, 0) is 4.79 Å². The Morgan fingerprint density at radius 1 is 1.38 bits per heavy atom. The molecule has 0 bridgehead atoms. The fraction of sp³-hybridized carbons (Fsp3) is 0.600. The van der Waals surface area contributed by atoms with Crippen LogP contribution in [0.25, 0.3) is 0 Å². The highest BCUT2D eigenvalue weighted by molar-refractivity contribution is 7.99. The normalized spacial score (nSPS) is 16.0. The Labute approximate surface area is 145 Å². The molecule has 0 spiro atoms. The Morgan fingerprint density at radius 2 is 2.12 bits per heavy atom. The second kappa shape index (κ2) is 7.25. The largest absolute Gasteiger partial charge is 0.368 e. The van der Waals surface area contributed by atoms with Crippen LogP contribution in [0.2, 0.25) is 0 Å². The monoisotopic (exact) mass is 349 g/mol. The number of H-pyrrole nitrogens is 2. The summed E-state index contributed by atoms with van der Waals surface area (Å²) in [4.78, 5) is 18.2. The van der Waals surface area contributed by atoms with Gasteiger partial charge in [-0.1, -0.05) is 25.6 Å². The van der Waals surface area contributed by atoms with Crippen LogP contribution in [0, 0.1) is 0 Å². The summed E-state index contributed by atoms with van der Waals surface area (Å²) in [7, 11) is 0. The van der Waals surface area contributed by atoms with E-state index in [-0.39, 0.29) is 11.9 Å². The molecule has 1 aliphatic rings. The van der Waals surface area contributed by atoms with Crippen LogP contribution in [0.3, 0.4) is 0 Å². The number of piperidine rings is 1. The molecule has 3 heterocycles. The van der Waals surface area contributed by atoms with E-state index in [9.17, 15) is 4.79 Å². The molecular formula is C15H23N7OS. The number of rotatable bonds is 5. The van der Waals surface area contributed by atoms with Crippen molar-refractivity contribution in [2.75, 3.05) is 24.6 Å². The molecule has 8 nitrogen and oxygen atoms in total. The number of hydrogen-bond donors (Lipinski definition) is 3. The molecule has 4 N–H and O–H groups in total. The zero-order valence-corrected chi connectivity index (χ0v) is 14.8. The molecule has 0 aromatic carbocycles. The third kappa shape index (κ3) is 3.89. The van der Waals surface area contributed by atoms with E-state index in [2.05, 4.69) is 45.3 Å². The van der Waals surface area contributed by atoms with Crippen LogP contribution in [0.5, 0.6) is 0 Å². The van der Waals surface area contributed by atoms with Gasteiger partial charge in [0.15, 0.2) is 0 Å². The van der Waals surface area contributed by atoms with Gasteiger partial charge in [0.05, 0.1) is 11.4 Å². The number of nitrogens with zero attached hydrogens (tertiary/aromatic N) is 4. The highest BCUT2D eigenvalue weighted by atomic mass is 32.2. The summed E-state index contributed by atoms with van der Waals surface area (Å²) < 4.78 is 0. The summed E-state index contributed by atoms with van der Waals surface area (Å²) in [6.07, 6.45) is 1.92. The average Bonchev–Trinajstić information content (AvgIpc) is 3.22. The number of aromatic nitrogens is 5. The molecule has 0 unspecified atom stereocenters. The lowest BCUT2D eigenvalue weighted by molar-refractivity contribution is -0.129. The van der Waals surface area contributed by atoms with Gasteiger partial charge in [0.2, 0.25) is 17.0 Å². The number of nitrogens with two attached hydrogens (primary N) is 1. The molecule has 9 heteroatoms. The summed E-state index contributed by atoms with van der Waals surface area (Å²) in [5, 5.41) is 14.5. The predicted molar refractivity (Wildman–Crippen MR) is 92.8 cm³/mol. The summed E-state index contributed by atoms with van der Waals surface area (Å²) >= 11 is 1.31. The Morgan fingerprint density at radius 3 is 2.71 bits per heavy atom. The number of carbonyl (C=O) groups is 1. The van der Waals surface area contributed by atoms with E-state index in [0.717, 1.165) is 31.6 Å². The van der Waals surface area contributed by atoms with E-state index in [1.54, 1.807) is 0 Å². The van der Waals surface area contributed by atoms with Gasteiger partial charge in [-0.05, 0) is 24.8 Å². The Balaban J connectivity index is 1.48. The van der Waals surface area contributed by atoms with Crippen LogP contribution in [0.15, 0.2) is 11.2 Å². The topological polar surface area (TPSA) is 117 Å². The number of nitrogens with one attached hydrogen (secondary N) is 2. The molecule has 24 heavy (non-hydrogen) atoms. The molecule has 130 valence electrons. The van der Waals surface area contributed by atoms with Crippen molar-refractivity contribution in [2.24, 2.45) is 0 Å². The van der Waals surface area contributed by atoms with E-state index < -0.39 is 0 Å². The first-order valence-corrected chi connectivity index (χ1v) is 9.15. The van der Waals surface area contributed by atoms with Gasteiger partial charge in [0, 0.05) is 24.7 Å². The number of hydrogen-bond acceptors (Lipinski definition) is 6. The zero-order valence-electron chi connectivity index (χ0n) is 14.0. The van der Waals surface area contributed by atoms with Crippen molar-refractivity contribution in [3.05, 3.63) is 17.5 Å². The molecule has 0 saturated carbocycles. The minimum absolute atomic E-state index is 0.120. The van der Waals surface area contributed by atoms with Gasteiger partial charge in [-0.25, -0.2) is 5.10 Å². The zero-order chi connectivity index (χ0) is 17.1. The summed E-state index contributed by atoms with van der Waals surface area (Å²) in [6.45, 7) is 5.83. The minimum Gasteiger partial charge on any atom is -0.368 e. The third-order valence-corrected chi connectivity index (χ3v) is 5.14. The Kier molecular flexibility index (Phi) is 5.08. The summed E-state index contributed by atoms with van der Waals surface area (Å²) in [6, 6.07) is 2.16. The van der Waals surface area contributed by atoms with Crippen LogP contribution >= 0.6 is 11.8 Å². The van der Waals surface area contributed by atoms with Crippen molar-refractivity contribution < 1.29 is 4.79 Å². The fourth-order valence-electron chi connectivity index (χ4n) is 2.84. The summed E-state index contributed by atoms with van der Waals surface area (Å²) in [5.41, 5.74) is 7.77. The maximum atomic E-state index is 12.3. The SMILES string of the molecule is CC(C)c1cc(C2CCN(C(=O)CSc3n[nH]c(N)n3)CC2)[nH]n1. The number of amides is 1. The van der Waals surface area contributed by atoms with Gasteiger partial charge in [-0.15, -0.1) is 5.10 Å². The molecule has 0 atom stereocenters. The number of thioether (sulfide) groups is 1. The number of anilines is 1. The molecule has 0 radical (unpaired) electrons. The van der Waals surface area contributed by atoms with E-state index in [0.29, 0.717) is 22.7 Å². The molecule has 1 fully saturated rings. The van der Waals surface area contributed by atoms with Crippen molar-refractivity contribution in [2.45, 2.75) is 43.7 Å². The van der Waals surface area contributed by atoms with Gasteiger partial charge < -0.3 is 10.6 Å². The Hall–Kier alpha value is -2.03. The second-order valence-corrected chi connectivity index (χ2v) is 7.29.